The van der Waals surface area contributed by atoms with Gasteiger partial charge in [-0.05, 0) is 113 Å². The van der Waals surface area contributed by atoms with Crippen molar-refractivity contribution < 1.29 is 18.7 Å². The molecular weight excluding hydrogens is 717 g/mol. The molecule has 1 amide bonds. The maximum Gasteiger partial charge on any atom is 0.258 e. The van der Waals surface area contributed by atoms with Gasteiger partial charge in [0, 0.05) is 98.1 Å². The number of aromatic nitrogens is 1. The number of anilines is 1. The quantitative estimate of drug-likeness (QED) is 0.138. The van der Waals surface area contributed by atoms with Crippen LogP contribution in [0.5, 0.6) is 0 Å². The summed E-state index contributed by atoms with van der Waals surface area (Å²) in [5, 5.41) is 1.76. The number of rotatable bonds is 6. The second-order valence-electron chi connectivity index (χ2n) is 14.7. The summed E-state index contributed by atoms with van der Waals surface area (Å²) in [6.07, 6.45) is 8.90. The maximum atomic E-state index is 14.4. The Balaban J connectivity index is 0.000000193. The summed E-state index contributed by atoms with van der Waals surface area (Å²) in [5.41, 5.74) is 9.56. The molecule has 2 saturated heterocycles. The zero-order chi connectivity index (χ0) is 38.1. The average molecular weight is 762 g/mol. The molecule has 1 N–H and O–H groups in total. The van der Waals surface area contributed by atoms with Crippen LogP contribution in [-0.4, -0.2) is 54.4 Å². The highest BCUT2D eigenvalue weighted by Gasteiger charge is 2.44. The molecule has 0 aliphatic carbocycles. The van der Waals surface area contributed by atoms with E-state index in [9.17, 15) is 14.0 Å². The van der Waals surface area contributed by atoms with Crippen molar-refractivity contribution in [3.05, 3.63) is 136 Å². The third-order valence-corrected chi connectivity index (χ3v) is 12.3. The first kappa shape index (κ1) is 37.6. The SMILES string of the molecule is C=C(/C(=C\C(C)=C/C)C(C)=O)N1CC2(CCOCC2)C1.Cc1ccc(C(=O)N2CCc3cc(-c4c[nH]c5ccc(Cl)cc45)sc3-c3ccc(F)cc32)cc1. The summed E-state index contributed by atoms with van der Waals surface area (Å²) in [6.45, 7) is 16.0. The molecule has 0 unspecified atom stereocenters. The van der Waals surface area contributed by atoms with E-state index in [1.165, 1.54) is 12.1 Å². The van der Waals surface area contributed by atoms with Crippen molar-refractivity contribution in [2.75, 3.05) is 37.7 Å². The summed E-state index contributed by atoms with van der Waals surface area (Å²) in [6, 6.07) is 20.3. The van der Waals surface area contributed by atoms with Gasteiger partial charge in [0.05, 0.1) is 5.69 Å². The number of hydrogen-bond donors (Lipinski definition) is 1. The van der Waals surface area contributed by atoms with Gasteiger partial charge in [0.15, 0.2) is 5.78 Å². The van der Waals surface area contributed by atoms with Crippen molar-refractivity contribution in [1.29, 1.82) is 0 Å². The van der Waals surface area contributed by atoms with E-state index in [4.69, 9.17) is 16.3 Å². The van der Waals surface area contributed by atoms with Crippen LogP contribution in [-0.2, 0) is 16.0 Å². The van der Waals surface area contributed by atoms with Gasteiger partial charge in [-0.25, -0.2) is 4.39 Å². The summed E-state index contributed by atoms with van der Waals surface area (Å²) >= 11 is 7.92. The number of nitrogens with one attached hydrogen (secondary N) is 1. The first-order chi connectivity index (χ1) is 25.9. The summed E-state index contributed by atoms with van der Waals surface area (Å²) in [4.78, 5) is 34.7. The molecule has 54 heavy (non-hydrogen) atoms. The van der Waals surface area contributed by atoms with Gasteiger partial charge < -0.3 is 19.5 Å². The molecule has 6 nitrogen and oxygen atoms in total. The molecule has 1 spiro atoms. The summed E-state index contributed by atoms with van der Waals surface area (Å²) in [7, 11) is 0. The fourth-order valence-electron chi connectivity index (χ4n) is 7.55. The standard InChI is InChI=1S/C28H20ClFN2OS.C17H25NO2/c1-16-2-4-17(5-3-16)28(33)32-11-10-18-12-26(23-15-31-24-9-6-19(29)13-22(23)24)34-27(18)21-8-7-20(30)14-25(21)32;1-5-13(2)10-16(15(4)19)14(3)18-11-17(12-18)6-8-20-9-7-17/h2-9,12-15,31H,10-11H2,1H3;5,10H,3,6-9,11-12H2,1-2,4H3/b;13-5-,16-10+. The number of H-pyrrole nitrogens is 1. The van der Waals surface area contributed by atoms with E-state index < -0.39 is 0 Å². The van der Waals surface area contributed by atoms with Crippen LogP contribution in [0.2, 0.25) is 5.02 Å². The number of aryl methyl sites for hydroxylation is 1. The maximum absolute atomic E-state index is 14.4. The van der Waals surface area contributed by atoms with Gasteiger partial charge in [-0.2, -0.15) is 0 Å². The van der Waals surface area contributed by atoms with E-state index in [1.54, 1.807) is 29.2 Å². The topological polar surface area (TPSA) is 65.6 Å². The van der Waals surface area contributed by atoms with Gasteiger partial charge in [0.1, 0.15) is 5.82 Å². The Morgan fingerprint density at radius 1 is 1.00 bits per heavy atom. The van der Waals surface area contributed by atoms with Crippen molar-refractivity contribution in [2.45, 2.75) is 47.0 Å². The lowest BCUT2D eigenvalue weighted by Gasteiger charge is -2.54. The number of hydrogen-bond acceptors (Lipinski definition) is 5. The van der Waals surface area contributed by atoms with E-state index in [2.05, 4.69) is 22.5 Å². The lowest BCUT2D eigenvalue weighted by molar-refractivity contribution is -0.114. The van der Waals surface area contributed by atoms with Crippen LogP contribution in [0.15, 0.2) is 109 Å². The number of Topliss-reactive ketones (excluding diaryl/α,β-unsaturated/α-hetero) is 1. The van der Waals surface area contributed by atoms with Gasteiger partial charge in [-0.1, -0.05) is 47.5 Å². The van der Waals surface area contributed by atoms with Crippen LogP contribution >= 0.6 is 22.9 Å². The molecule has 3 aliphatic heterocycles. The van der Waals surface area contributed by atoms with Crippen molar-refractivity contribution in [1.82, 2.24) is 9.88 Å². The van der Waals surface area contributed by atoms with Crippen molar-refractivity contribution >= 4 is 51.2 Å². The van der Waals surface area contributed by atoms with E-state index >= 15 is 0 Å². The van der Waals surface area contributed by atoms with Crippen LogP contribution in [0.3, 0.4) is 0 Å². The van der Waals surface area contributed by atoms with E-state index in [0.717, 1.165) is 98.9 Å². The molecule has 2 fully saturated rings. The fourth-order valence-corrected chi connectivity index (χ4v) is 9.00. The molecule has 2 aromatic heterocycles. The number of thiophene rings is 1. The number of nitrogens with zero attached hydrogens (tertiary/aromatic N) is 2. The Hall–Kier alpha value is -4.76. The number of aromatic amines is 1. The van der Waals surface area contributed by atoms with Gasteiger partial charge in [0.25, 0.3) is 5.91 Å². The number of amides is 1. The normalized spacial score (nSPS) is 16.6. The molecule has 0 radical (unpaired) electrons. The monoisotopic (exact) mass is 761 g/mol. The molecule has 3 aromatic carbocycles. The number of likely N-dealkylation sites (tertiary alicyclic amines) is 1. The van der Waals surface area contributed by atoms with Gasteiger partial charge >= 0.3 is 0 Å². The lowest BCUT2D eigenvalue weighted by atomic mass is 9.73. The number of carbonyl (C=O) groups is 2. The molecule has 0 atom stereocenters. The molecule has 3 aliphatic rings. The van der Waals surface area contributed by atoms with Gasteiger partial charge in [-0.15, -0.1) is 11.3 Å². The van der Waals surface area contributed by atoms with Crippen molar-refractivity contribution in [3.63, 3.8) is 0 Å². The van der Waals surface area contributed by atoms with Crippen LogP contribution in [0.4, 0.5) is 10.1 Å². The highest BCUT2D eigenvalue weighted by molar-refractivity contribution is 7.19. The molecule has 8 rings (SSSR count). The predicted octanol–water partition coefficient (Wildman–Crippen LogP) is 11.0. The number of halogens is 2. The minimum absolute atomic E-state index is 0.0872. The van der Waals surface area contributed by atoms with Crippen LogP contribution < -0.4 is 4.90 Å². The number of allylic oxidation sites excluding steroid dienone is 4. The van der Waals surface area contributed by atoms with Gasteiger partial charge in [-0.3, -0.25) is 9.59 Å². The average Bonchev–Trinajstić information content (AvgIpc) is 3.73. The van der Waals surface area contributed by atoms with Crippen LogP contribution in [0.1, 0.15) is 55.1 Å². The van der Waals surface area contributed by atoms with Gasteiger partial charge in [0.2, 0.25) is 0 Å². The Labute approximate surface area is 325 Å². The number of fused-ring (bicyclic) bond motifs is 4. The van der Waals surface area contributed by atoms with Crippen LogP contribution in [0.25, 0.3) is 31.8 Å². The van der Waals surface area contributed by atoms with Crippen molar-refractivity contribution in [3.8, 4) is 20.9 Å². The second-order valence-corrected chi connectivity index (χ2v) is 16.1. The largest absolute Gasteiger partial charge is 0.381 e. The van der Waals surface area contributed by atoms with E-state index in [-0.39, 0.29) is 17.5 Å². The third-order valence-electron chi connectivity index (χ3n) is 10.9. The molecule has 0 bridgehead atoms. The number of ether oxygens (including phenoxy) is 1. The summed E-state index contributed by atoms with van der Waals surface area (Å²) < 4.78 is 19.8. The Morgan fingerprint density at radius 2 is 1.74 bits per heavy atom. The Kier molecular flexibility index (Phi) is 10.8. The minimum Gasteiger partial charge on any atom is -0.381 e. The zero-order valence-electron chi connectivity index (χ0n) is 31.2. The molecule has 5 aromatic rings. The molecular formula is C45H45ClFN3O3S. The Morgan fingerprint density at radius 3 is 2.44 bits per heavy atom. The molecule has 0 saturated carbocycles. The summed E-state index contributed by atoms with van der Waals surface area (Å²) in [5.74, 6) is -0.385. The van der Waals surface area contributed by atoms with Crippen LogP contribution in [0, 0.1) is 18.2 Å². The number of carbonyl (C=O) groups excluding carboxylic acids is 2. The van der Waals surface area contributed by atoms with Crippen molar-refractivity contribution in [2.24, 2.45) is 5.41 Å². The Bertz CT molecular complexity index is 2300. The first-order valence-electron chi connectivity index (χ1n) is 18.4. The highest BCUT2D eigenvalue weighted by atomic mass is 35.5. The number of ketones is 1. The molecule has 5 heterocycles. The predicted molar refractivity (Wildman–Crippen MR) is 220 cm³/mol. The fraction of sp³-hybridized carbons (Fsp3) is 0.289. The van der Waals surface area contributed by atoms with E-state index in [0.29, 0.717) is 34.7 Å². The zero-order valence-corrected chi connectivity index (χ0v) is 32.8. The van der Waals surface area contributed by atoms with E-state index in [1.807, 2.05) is 81.6 Å². The highest BCUT2D eigenvalue weighted by Crippen LogP contribution is 2.46. The third kappa shape index (κ3) is 7.61. The second kappa shape index (κ2) is 15.5. The first-order valence-corrected chi connectivity index (χ1v) is 19.6. The molecule has 278 valence electrons. The number of benzene rings is 3. The molecule has 9 heteroatoms. The minimum atomic E-state index is -0.355. The lowest BCUT2D eigenvalue weighted by Crippen LogP contribution is -2.57. The smallest absolute Gasteiger partial charge is 0.258 e.